The molecule has 0 aliphatic heterocycles. The molecule has 0 heterocycles. The molecule has 0 bridgehead atoms. The minimum absolute atomic E-state index is 0.0291. The van der Waals surface area contributed by atoms with Crippen LogP contribution >= 0.6 is 15.9 Å². The molecule has 0 unspecified atom stereocenters. The highest BCUT2D eigenvalue weighted by atomic mass is 79.9. The Balaban J connectivity index is 3.28. The quantitative estimate of drug-likeness (QED) is 0.399. The topological polar surface area (TPSA) is 69.2 Å². The van der Waals surface area contributed by atoms with E-state index in [9.17, 15) is 14.5 Å². The highest BCUT2D eigenvalue weighted by Crippen LogP contribution is 2.27. The molecule has 0 saturated carbocycles. The van der Waals surface area contributed by atoms with E-state index < -0.39 is 16.4 Å². The maximum Gasteiger partial charge on any atom is 0.295 e. The van der Waals surface area contributed by atoms with Crippen LogP contribution in [0.25, 0.3) is 6.08 Å². The zero-order valence-corrected chi connectivity index (χ0v) is 9.20. The molecule has 0 amide bonds. The van der Waals surface area contributed by atoms with Crippen LogP contribution in [0.1, 0.15) is 5.56 Å². The number of nitro benzene ring substituents is 1. The van der Waals surface area contributed by atoms with Gasteiger partial charge in [-0.3, -0.25) is 10.1 Å². The largest absolute Gasteiger partial charge is 0.393 e. The fraction of sp³-hybridized carbons (Fsp3) is 0.111. The van der Waals surface area contributed by atoms with Gasteiger partial charge in [-0.05, 0) is 6.07 Å². The number of anilines is 1. The van der Waals surface area contributed by atoms with Crippen molar-refractivity contribution in [2.75, 3.05) is 11.1 Å². The highest BCUT2D eigenvalue weighted by molar-refractivity contribution is 9.09. The first-order valence-electron chi connectivity index (χ1n) is 4.02. The van der Waals surface area contributed by atoms with Gasteiger partial charge >= 0.3 is 0 Å². The minimum atomic E-state index is -0.704. The van der Waals surface area contributed by atoms with Crippen LogP contribution in [-0.2, 0) is 0 Å². The van der Waals surface area contributed by atoms with Gasteiger partial charge in [0.15, 0.2) is 0 Å². The summed E-state index contributed by atoms with van der Waals surface area (Å²) in [5, 5.41) is 11.1. The molecule has 1 rings (SSSR count). The van der Waals surface area contributed by atoms with Crippen LogP contribution in [0.2, 0.25) is 0 Å². The fourth-order valence-corrected chi connectivity index (χ4v) is 1.27. The second kappa shape index (κ2) is 4.88. The maximum absolute atomic E-state index is 13.0. The van der Waals surface area contributed by atoms with Gasteiger partial charge in [0.05, 0.1) is 11.0 Å². The van der Waals surface area contributed by atoms with Crippen LogP contribution in [-0.4, -0.2) is 10.3 Å². The zero-order chi connectivity index (χ0) is 11.4. The van der Waals surface area contributed by atoms with Crippen molar-refractivity contribution in [2.24, 2.45) is 0 Å². The number of hydrogen-bond acceptors (Lipinski definition) is 3. The van der Waals surface area contributed by atoms with Gasteiger partial charge in [-0.1, -0.05) is 28.1 Å². The number of nitrogen functional groups attached to an aromatic ring is 1. The summed E-state index contributed by atoms with van der Waals surface area (Å²) in [4.78, 5) is 9.82. The summed E-state index contributed by atoms with van der Waals surface area (Å²) < 4.78 is 13.0. The Labute approximate surface area is 93.9 Å². The number of hydrogen-bond donors (Lipinski definition) is 1. The molecule has 4 nitrogen and oxygen atoms in total. The summed E-state index contributed by atoms with van der Waals surface area (Å²) in [6, 6.07) is 1.96. The monoisotopic (exact) mass is 274 g/mol. The van der Waals surface area contributed by atoms with E-state index in [4.69, 9.17) is 5.73 Å². The Morgan fingerprint density at radius 1 is 1.60 bits per heavy atom. The molecule has 15 heavy (non-hydrogen) atoms. The predicted molar refractivity (Wildman–Crippen MR) is 60.3 cm³/mol. The summed E-state index contributed by atoms with van der Waals surface area (Å²) in [5.74, 6) is -0.676. The van der Waals surface area contributed by atoms with Gasteiger partial charge < -0.3 is 5.73 Å². The second-order valence-corrected chi connectivity index (χ2v) is 3.39. The van der Waals surface area contributed by atoms with Crippen molar-refractivity contribution in [1.82, 2.24) is 0 Å². The van der Waals surface area contributed by atoms with Crippen LogP contribution in [0, 0.1) is 15.9 Å². The molecule has 1 aromatic rings. The average molecular weight is 275 g/mol. The van der Waals surface area contributed by atoms with Gasteiger partial charge in [0.2, 0.25) is 0 Å². The van der Waals surface area contributed by atoms with E-state index >= 15 is 0 Å². The molecule has 0 aromatic heterocycles. The van der Waals surface area contributed by atoms with Crippen molar-refractivity contribution in [3.63, 3.8) is 0 Å². The third-order valence-corrected chi connectivity index (χ3v) is 2.11. The van der Waals surface area contributed by atoms with E-state index in [-0.39, 0.29) is 5.69 Å². The number of benzene rings is 1. The second-order valence-electron chi connectivity index (χ2n) is 2.74. The van der Waals surface area contributed by atoms with E-state index in [0.29, 0.717) is 10.9 Å². The Hall–Kier alpha value is -1.43. The summed E-state index contributed by atoms with van der Waals surface area (Å²) in [6.07, 6.45) is 3.20. The average Bonchev–Trinajstić information content (AvgIpc) is 2.18. The van der Waals surface area contributed by atoms with Crippen LogP contribution < -0.4 is 5.73 Å². The number of rotatable bonds is 3. The van der Waals surface area contributed by atoms with Gasteiger partial charge in [-0.2, -0.15) is 0 Å². The minimum Gasteiger partial charge on any atom is -0.393 e. The van der Waals surface area contributed by atoms with Crippen molar-refractivity contribution in [1.29, 1.82) is 0 Å². The summed E-state index contributed by atoms with van der Waals surface area (Å²) in [6.45, 7) is 0. The Bertz CT molecular complexity index is 421. The van der Waals surface area contributed by atoms with E-state index in [1.165, 1.54) is 6.08 Å². The molecule has 0 aliphatic rings. The molecule has 0 fully saturated rings. The molecular formula is C9H8BrFN2O2. The molecule has 1 aromatic carbocycles. The van der Waals surface area contributed by atoms with E-state index in [0.717, 1.165) is 12.1 Å². The van der Waals surface area contributed by atoms with Crippen molar-refractivity contribution in [2.45, 2.75) is 0 Å². The van der Waals surface area contributed by atoms with E-state index in [2.05, 4.69) is 15.9 Å². The number of nitro groups is 1. The van der Waals surface area contributed by atoms with Crippen molar-refractivity contribution in [3.8, 4) is 0 Å². The fourth-order valence-electron chi connectivity index (χ4n) is 1.08. The van der Waals surface area contributed by atoms with Gasteiger partial charge in [-0.25, -0.2) is 4.39 Å². The van der Waals surface area contributed by atoms with Gasteiger partial charge in [0, 0.05) is 10.9 Å². The van der Waals surface area contributed by atoms with Crippen LogP contribution in [0.4, 0.5) is 15.8 Å². The third-order valence-electron chi connectivity index (χ3n) is 1.74. The molecule has 0 saturated heterocycles. The first-order chi connectivity index (χ1) is 7.06. The lowest BCUT2D eigenvalue weighted by molar-refractivity contribution is -0.384. The Morgan fingerprint density at radius 2 is 2.27 bits per heavy atom. The third kappa shape index (κ3) is 2.76. The van der Waals surface area contributed by atoms with Gasteiger partial charge in [-0.15, -0.1) is 0 Å². The first-order valence-corrected chi connectivity index (χ1v) is 5.14. The number of allylic oxidation sites excluding steroid dienone is 1. The smallest absolute Gasteiger partial charge is 0.295 e. The van der Waals surface area contributed by atoms with E-state index in [1.54, 1.807) is 6.08 Å². The van der Waals surface area contributed by atoms with Gasteiger partial charge in [0.25, 0.3) is 5.69 Å². The van der Waals surface area contributed by atoms with Crippen molar-refractivity contribution >= 4 is 33.4 Å². The van der Waals surface area contributed by atoms with Crippen molar-refractivity contribution < 1.29 is 9.31 Å². The molecule has 80 valence electrons. The highest BCUT2D eigenvalue weighted by Gasteiger charge is 2.15. The zero-order valence-electron chi connectivity index (χ0n) is 7.61. The van der Waals surface area contributed by atoms with Crippen molar-refractivity contribution in [3.05, 3.63) is 39.7 Å². The number of alkyl halides is 1. The van der Waals surface area contributed by atoms with Crippen LogP contribution in [0.15, 0.2) is 18.2 Å². The molecule has 0 aliphatic carbocycles. The lowest BCUT2D eigenvalue weighted by Crippen LogP contribution is -1.99. The standard InChI is InChI=1S/C9H8BrFN2O2/c10-3-1-2-6-4-7(11)5-8(9(6)12)13(14)15/h1-2,4-5H,3,12H2. The van der Waals surface area contributed by atoms with Crippen LogP contribution in [0.5, 0.6) is 0 Å². The molecule has 0 radical (unpaired) electrons. The molecule has 0 atom stereocenters. The van der Waals surface area contributed by atoms with E-state index in [1.807, 2.05) is 0 Å². The number of nitrogens with two attached hydrogens (primary N) is 1. The lowest BCUT2D eigenvalue weighted by atomic mass is 10.1. The molecular weight excluding hydrogens is 267 g/mol. The Morgan fingerprint density at radius 3 is 2.80 bits per heavy atom. The number of halogens is 2. The summed E-state index contributed by atoms with van der Waals surface area (Å²) in [5.41, 5.74) is 5.38. The maximum atomic E-state index is 13.0. The summed E-state index contributed by atoms with van der Waals surface area (Å²) in [7, 11) is 0. The first kappa shape index (κ1) is 11.6. The Kier molecular flexibility index (Phi) is 3.79. The molecule has 2 N–H and O–H groups in total. The normalized spacial score (nSPS) is 10.8. The molecule has 0 spiro atoms. The number of nitrogens with zero attached hydrogens (tertiary/aromatic N) is 1. The van der Waals surface area contributed by atoms with Crippen LogP contribution in [0.3, 0.4) is 0 Å². The predicted octanol–water partition coefficient (Wildman–Crippen LogP) is 2.72. The SMILES string of the molecule is Nc1c(C=CCBr)cc(F)cc1[N+](=O)[O-]. The molecule has 6 heteroatoms. The summed E-state index contributed by atoms with van der Waals surface area (Å²) >= 11 is 3.14. The lowest BCUT2D eigenvalue weighted by Gasteiger charge is -2.01. The van der Waals surface area contributed by atoms with Gasteiger partial charge in [0.1, 0.15) is 11.5 Å².